The highest BCUT2D eigenvalue weighted by Gasteiger charge is 2.52. The molecule has 0 aliphatic carbocycles. The Hall–Kier alpha value is -7.04. The van der Waals surface area contributed by atoms with Crippen LogP contribution in [0.15, 0.2) is 181 Å². The number of hydrogen-bond acceptors (Lipinski definition) is 2. The minimum atomic E-state index is -0.623. The van der Waals surface area contributed by atoms with Gasteiger partial charge < -0.3 is 14.2 Å². The number of aromatic nitrogens is 1. The van der Waals surface area contributed by atoms with Gasteiger partial charge in [0.25, 0.3) is 6.71 Å². The fourth-order valence-electron chi connectivity index (χ4n) is 12.2. The van der Waals surface area contributed by atoms with Gasteiger partial charge in [0.05, 0.1) is 22.4 Å². The van der Waals surface area contributed by atoms with Crippen LogP contribution in [0.3, 0.4) is 0 Å². The molecule has 1 unspecified atom stereocenters. The van der Waals surface area contributed by atoms with Crippen molar-refractivity contribution in [3.05, 3.63) is 203 Å². The number of hydrogen-bond donors (Lipinski definition) is 0. The molecule has 3 nitrogen and oxygen atoms in total. The molecule has 4 bridgehead atoms. The SMILES string of the molecule is C=CC1=C(CC)N2C(=C)/C(=C\C)C3(C)c4ccc(cc4)-c4cc(-c5ccc(C(C)(C)C)cc5)cc(c4)-c4cccc5c6ccccc6n(c45)-c4cc5c(c2c43)B1c1cc(C(C)(C)C)ccc1O5. The highest BCUT2D eigenvalue weighted by atomic mass is 16.5. The first-order valence-electron chi connectivity index (χ1n) is 24.1. The number of fused-ring (bicyclic) bond motifs is 6. The molecule has 0 fully saturated rings. The molecule has 0 amide bonds. The summed E-state index contributed by atoms with van der Waals surface area (Å²) >= 11 is 0. The molecular formula is C63H57BN2O. The van der Waals surface area contributed by atoms with E-state index in [1.54, 1.807) is 0 Å². The van der Waals surface area contributed by atoms with Gasteiger partial charge in [0.1, 0.15) is 11.5 Å². The molecule has 5 aliphatic rings. The zero-order valence-electron chi connectivity index (χ0n) is 40.4. The van der Waals surface area contributed by atoms with Gasteiger partial charge in [-0.25, -0.2) is 0 Å². The van der Waals surface area contributed by atoms with Gasteiger partial charge in [-0.15, -0.1) is 0 Å². The average molecular weight is 869 g/mol. The number of rotatable bonds is 3. The standard InChI is InChI=1S/C63H57BN2O/c1-12-49-37(4)65-52(14-3)50(13-2)64-51-35-45(62(8,9)10)30-31-55(51)67-56-36-54-57(60(65)58(56)64)63(49,11)44-28-24-39(25-29-44)41-32-40(38-22-26-43(27-23-38)61(5,6)7)33-42(34-41)46-19-17-20-48-47-18-15-16-21-53(47)66(54)59(46)48/h12-13,15-36H,2,4,14H2,1,3,5-11H3/b49-12+. The zero-order chi connectivity index (χ0) is 46.5. The Balaban J connectivity index is 1.26. The molecule has 0 saturated heterocycles. The summed E-state index contributed by atoms with van der Waals surface area (Å²) in [4.78, 5) is 2.49. The van der Waals surface area contributed by atoms with E-state index < -0.39 is 5.41 Å². The number of ether oxygens (including phenoxy) is 1. The predicted octanol–water partition coefficient (Wildman–Crippen LogP) is 15.4. The number of anilines is 1. The van der Waals surface area contributed by atoms with Crippen molar-refractivity contribution in [3.8, 4) is 50.6 Å². The highest BCUT2D eigenvalue weighted by molar-refractivity contribution is 6.94. The van der Waals surface area contributed by atoms with E-state index in [1.807, 2.05) is 0 Å². The van der Waals surface area contributed by atoms with E-state index >= 15 is 0 Å². The van der Waals surface area contributed by atoms with Gasteiger partial charge in [-0.2, -0.15) is 0 Å². The van der Waals surface area contributed by atoms with Gasteiger partial charge in [0.15, 0.2) is 0 Å². The van der Waals surface area contributed by atoms with Crippen molar-refractivity contribution < 1.29 is 4.74 Å². The Morgan fingerprint density at radius 1 is 0.687 bits per heavy atom. The average Bonchev–Trinajstić information content (AvgIpc) is 3.67. The van der Waals surface area contributed by atoms with Crippen LogP contribution in [0.1, 0.15) is 91.0 Å². The highest BCUT2D eigenvalue weighted by Crippen LogP contribution is 2.58. The number of nitrogens with zero attached hydrogens (tertiary/aromatic N) is 2. The Labute approximate surface area is 396 Å². The van der Waals surface area contributed by atoms with Crippen molar-refractivity contribution in [3.63, 3.8) is 0 Å². The molecule has 0 N–H and O–H groups in total. The van der Waals surface area contributed by atoms with Crippen LogP contribution in [0.25, 0.3) is 60.9 Å². The molecule has 1 aromatic heterocycles. The summed E-state index contributed by atoms with van der Waals surface area (Å²) in [6.45, 7) is 30.1. The van der Waals surface area contributed by atoms with Crippen molar-refractivity contribution in [2.24, 2.45) is 0 Å². The fraction of sp³-hybridized carbons (Fsp3) is 0.206. The Morgan fingerprint density at radius 2 is 1.33 bits per heavy atom. The molecule has 4 heteroatoms. The smallest absolute Gasteiger partial charge is 0.255 e. The van der Waals surface area contributed by atoms with E-state index in [2.05, 4.69) is 224 Å². The third kappa shape index (κ3) is 5.72. The molecule has 8 aromatic rings. The summed E-state index contributed by atoms with van der Waals surface area (Å²) < 4.78 is 9.90. The number of para-hydroxylation sites is 2. The Morgan fingerprint density at radius 3 is 1.99 bits per heavy atom. The topological polar surface area (TPSA) is 17.4 Å². The van der Waals surface area contributed by atoms with Gasteiger partial charge in [-0.3, -0.25) is 0 Å². The summed E-state index contributed by atoms with van der Waals surface area (Å²) in [7, 11) is 0. The minimum absolute atomic E-state index is 0.0423. The second kappa shape index (κ2) is 14.2. The van der Waals surface area contributed by atoms with E-state index in [0.29, 0.717) is 0 Å². The van der Waals surface area contributed by atoms with E-state index in [1.165, 1.54) is 105 Å². The molecule has 67 heavy (non-hydrogen) atoms. The number of benzene rings is 7. The van der Waals surface area contributed by atoms with Crippen LogP contribution in [-0.2, 0) is 16.2 Å². The normalized spacial score (nSPS) is 17.6. The first kappa shape index (κ1) is 41.4. The molecule has 13 rings (SSSR count). The molecule has 328 valence electrons. The van der Waals surface area contributed by atoms with E-state index in [0.717, 1.165) is 34.8 Å². The molecule has 7 aromatic carbocycles. The van der Waals surface area contributed by atoms with Crippen LogP contribution in [0, 0.1) is 0 Å². The number of allylic oxidation sites excluding steroid dienone is 5. The molecule has 0 radical (unpaired) electrons. The van der Waals surface area contributed by atoms with Crippen molar-refractivity contribution in [2.75, 3.05) is 4.90 Å². The lowest BCUT2D eigenvalue weighted by Crippen LogP contribution is -2.57. The summed E-state index contributed by atoms with van der Waals surface area (Å²) in [6.07, 6.45) is 5.23. The van der Waals surface area contributed by atoms with E-state index in [-0.39, 0.29) is 17.5 Å². The molecule has 0 saturated carbocycles. The van der Waals surface area contributed by atoms with Crippen molar-refractivity contribution in [2.45, 2.75) is 85.0 Å². The summed E-state index contributed by atoms with van der Waals surface area (Å²) in [5, 5.41) is 2.43. The van der Waals surface area contributed by atoms with Crippen LogP contribution < -0.4 is 20.6 Å². The van der Waals surface area contributed by atoms with Crippen molar-refractivity contribution in [1.29, 1.82) is 0 Å². The van der Waals surface area contributed by atoms with Gasteiger partial charge in [-0.1, -0.05) is 171 Å². The third-order valence-corrected chi connectivity index (χ3v) is 15.6. The second-order valence-electron chi connectivity index (χ2n) is 21.4. The van der Waals surface area contributed by atoms with Gasteiger partial charge in [-0.05, 0) is 128 Å². The van der Waals surface area contributed by atoms with E-state index in [9.17, 15) is 0 Å². The zero-order valence-corrected chi connectivity index (χ0v) is 40.4. The molecule has 5 aliphatic heterocycles. The van der Waals surface area contributed by atoms with Crippen LogP contribution in [0.4, 0.5) is 5.69 Å². The van der Waals surface area contributed by atoms with Gasteiger partial charge in [0, 0.05) is 44.8 Å². The molecule has 1 atom stereocenters. The van der Waals surface area contributed by atoms with Crippen molar-refractivity contribution in [1.82, 2.24) is 4.57 Å². The molecule has 0 spiro atoms. The third-order valence-electron chi connectivity index (χ3n) is 15.6. The van der Waals surface area contributed by atoms with Crippen LogP contribution >= 0.6 is 0 Å². The largest absolute Gasteiger partial charge is 0.458 e. The summed E-state index contributed by atoms with van der Waals surface area (Å²) in [5.74, 6) is 1.77. The first-order valence-corrected chi connectivity index (χ1v) is 24.1. The van der Waals surface area contributed by atoms with Crippen LogP contribution in [-0.4, -0.2) is 11.3 Å². The minimum Gasteiger partial charge on any atom is -0.458 e. The summed E-state index contributed by atoms with van der Waals surface area (Å²) in [6, 6.07) is 50.9. The lowest BCUT2D eigenvalue weighted by Gasteiger charge is -2.52. The maximum Gasteiger partial charge on any atom is 0.255 e. The van der Waals surface area contributed by atoms with Gasteiger partial charge >= 0.3 is 0 Å². The lowest BCUT2D eigenvalue weighted by molar-refractivity contribution is 0.484. The van der Waals surface area contributed by atoms with Crippen LogP contribution in [0.2, 0.25) is 0 Å². The maximum absolute atomic E-state index is 7.33. The van der Waals surface area contributed by atoms with Crippen LogP contribution in [0.5, 0.6) is 11.5 Å². The van der Waals surface area contributed by atoms with Crippen molar-refractivity contribution >= 4 is 45.1 Å². The molecular weight excluding hydrogens is 812 g/mol. The monoisotopic (exact) mass is 868 g/mol. The Bertz CT molecular complexity index is 3550. The lowest BCUT2D eigenvalue weighted by atomic mass is 9.32. The Kier molecular flexibility index (Phi) is 8.80. The quantitative estimate of drug-likeness (QED) is 0.165. The second-order valence-corrected chi connectivity index (χ2v) is 21.4. The molecule has 6 heterocycles. The summed E-state index contributed by atoms with van der Waals surface area (Å²) in [5.41, 5.74) is 23.2. The maximum atomic E-state index is 7.33. The van der Waals surface area contributed by atoms with Gasteiger partial charge in [0.2, 0.25) is 0 Å². The van der Waals surface area contributed by atoms with E-state index in [4.69, 9.17) is 11.3 Å². The first-order chi connectivity index (χ1) is 32.1. The predicted molar refractivity (Wildman–Crippen MR) is 285 cm³/mol. The fourth-order valence-corrected chi connectivity index (χ4v) is 12.2.